The van der Waals surface area contributed by atoms with Gasteiger partial charge in [0, 0.05) is 26.7 Å². The van der Waals surface area contributed by atoms with E-state index in [2.05, 4.69) is 56.6 Å². The molecule has 2 aliphatic heterocycles. The maximum Gasteiger partial charge on any atom is 0.191 e. The average molecular weight is 400 g/mol. The number of piperidine rings is 2. The summed E-state index contributed by atoms with van der Waals surface area (Å²) in [6.45, 7) is 11.4. The molecule has 0 aliphatic carbocycles. The van der Waals surface area contributed by atoms with E-state index in [0.29, 0.717) is 0 Å². The maximum absolute atomic E-state index is 4.40. The first-order chi connectivity index (χ1) is 14.3. The molecule has 0 radical (unpaired) electrons. The first-order valence-corrected chi connectivity index (χ1v) is 11.7. The molecule has 5 nitrogen and oxygen atoms in total. The van der Waals surface area contributed by atoms with Crippen LogP contribution in [0.15, 0.2) is 29.3 Å². The number of nitrogens with one attached hydrogen (secondary N) is 2. The summed E-state index contributed by atoms with van der Waals surface area (Å²) in [6, 6.07) is 9.07. The Hall–Kier alpha value is -1.59. The fraction of sp³-hybridized carbons (Fsp3) is 0.708. The quantitative estimate of drug-likeness (QED) is 0.519. The summed E-state index contributed by atoms with van der Waals surface area (Å²) in [4.78, 5) is 9.58. The zero-order chi connectivity index (χ0) is 20.3. The lowest BCUT2D eigenvalue weighted by atomic mass is 9.97. The molecule has 0 aromatic heterocycles. The van der Waals surface area contributed by atoms with Crippen LogP contribution >= 0.6 is 0 Å². The summed E-state index contributed by atoms with van der Waals surface area (Å²) in [6.07, 6.45) is 7.95. The van der Waals surface area contributed by atoms with Gasteiger partial charge >= 0.3 is 0 Å². The summed E-state index contributed by atoms with van der Waals surface area (Å²) in [5, 5.41) is 7.01. The number of hydrogen-bond donors (Lipinski definition) is 2. The number of benzene rings is 1. The molecule has 0 atom stereocenters. The zero-order valence-corrected chi connectivity index (χ0v) is 18.6. The minimum Gasteiger partial charge on any atom is -0.356 e. The third-order valence-corrected chi connectivity index (χ3v) is 6.37. The summed E-state index contributed by atoms with van der Waals surface area (Å²) in [7, 11) is 1.86. The maximum atomic E-state index is 4.40. The number of guanidine groups is 1. The smallest absolute Gasteiger partial charge is 0.191 e. The van der Waals surface area contributed by atoms with E-state index in [1.165, 1.54) is 82.4 Å². The molecule has 2 fully saturated rings. The molecule has 0 bridgehead atoms. The molecule has 3 rings (SSSR count). The van der Waals surface area contributed by atoms with Crippen LogP contribution in [0.1, 0.15) is 56.6 Å². The molecule has 1 aromatic carbocycles. The summed E-state index contributed by atoms with van der Waals surface area (Å²) >= 11 is 0. The van der Waals surface area contributed by atoms with Crippen LogP contribution in [-0.2, 0) is 13.1 Å². The highest BCUT2D eigenvalue weighted by Gasteiger charge is 2.18. The van der Waals surface area contributed by atoms with E-state index >= 15 is 0 Å². The summed E-state index contributed by atoms with van der Waals surface area (Å²) in [5.74, 6) is 1.68. The Bertz CT molecular complexity index is 598. The van der Waals surface area contributed by atoms with Gasteiger partial charge in [0.1, 0.15) is 0 Å². The molecule has 29 heavy (non-hydrogen) atoms. The molecule has 2 heterocycles. The van der Waals surface area contributed by atoms with Gasteiger partial charge in [0.2, 0.25) is 0 Å². The predicted octanol–water partition coefficient (Wildman–Crippen LogP) is 3.46. The Labute approximate surface area is 178 Å². The molecule has 0 saturated carbocycles. The van der Waals surface area contributed by atoms with Crippen molar-refractivity contribution in [2.45, 2.75) is 58.5 Å². The van der Waals surface area contributed by atoms with Gasteiger partial charge in [0.05, 0.1) is 0 Å². The number of likely N-dealkylation sites (tertiary alicyclic amines) is 2. The molecular formula is C24H41N5. The van der Waals surface area contributed by atoms with Gasteiger partial charge in [-0.15, -0.1) is 0 Å². The molecular weight excluding hydrogens is 358 g/mol. The van der Waals surface area contributed by atoms with Gasteiger partial charge in [0.25, 0.3) is 0 Å². The van der Waals surface area contributed by atoms with Crippen LogP contribution in [0.25, 0.3) is 0 Å². The lowest BCUT2D eigenvalue weighted by molar-refractivity contribution is 0.185. The number of rotatable bonds is 8. The molecule has 5 heteroatoms. The lowest BCUT2D eigenvalue weighted by Gasteiger charge is -2.32. The lowest BCUT2D eigenvalue weighted by Crippen LogP contribution is -2.42. The zero-order valence-electron chi connectivity index (χ0n) is 18.6. The van der Waals surface area contributed by atoms with Gasteiger partial charge in [-0.2, -0.15) is 0 Å². The van der Waals surface area contributed by atoms with Crippen LogP contribution in [-0.4, -0.2) is 62.1 Å². The van der Waals surface area contributed by atoms with Crippen LogP contribution in [0.4, 0.5) is 0 Å². The van der Waals surface area contributed by atoms with Crippen molar-refractivity contribution < 1.29 is 0 Å². The monoisotopic (exact) mass is 399 g/mol. The van der Waals surface area contributed by atoms with E-state index in [1.54, 1.807) is 0 Å². The standard InChI is InChI=1S/C24H41N5/c1-3-13-28-16-11-22(12-17-28)19-27-24(25-2)26-18-21-7-9-23(10-8-21)20-29-14-5-4-6-15-29/h7-10,22H,3-6,11-20H2,1-2H3,(H2,25,26,27). The normalized spacial score (nSPS) is 20.0. The summed E-state index contributed by atoms with van der Waals surface area (Å²) < 4.78 is 0. The Kier molecular flexibility index (Phi) is 9.29. The van der Waals surface area contributed by atoms with E-state index in [1.807, 2.05) is 7.05 Å². The molecule has 2 aliphatic rings. The molecule has 2 N–H and O–H groups in total. The van der Waals surface area contributed by atoms with Gasteiger partial charge < -0.3 is 15.5 Å². The average Bonchev–Trinajstić information content (AvgIpc) is 2.77. The van der Waals surface area contributed by atoms with E-state index < -0.39 is 0 Å². The van der Waals surface area contributed by atoms with Crippen molar-refractivity contribution in [2.24, 2.45) is 10.9 Å². The molecule has 0 unspecified atom stereocenters. The summed E-state index contributed by atoms with van der Waals surface area (Å²) in [5.41, 5.74) is 2.73. The van der Waals surface area contributed by atoms with Crippen molar-refractivity contribution in [1.82, 2.24) is 20.4 Å². The molecule has 1 aromatic rings. The Morgan fingerprint density at radius 2 is 1.62 bits per heavy atom. The SMILES string of the molecule is CCCN1CCC(CNC(=NC)NCc2ccc(CN3CCCCC3)cc2)CC1. The van der Waals surface area contributed by atoms with Crippen molar-refractivity contribution >= 4 is 5.96 Å². The minimum absolute atomic E-state index is 0.760. The van der Waals surface area contributed by atoms with Crippen LogP contribution in [0.2, 0.25) is 0 Å². The van der Waals surface area contributed by atoms with Crippen molar-refractivity contribution in [2.75, 3.05) is 46.3 Å². The van der Waals surface area contributed by atoms with Crippen LogP contribution in [0.5, 0.6) is 0 Å². The molecule has 162 valence electrons. The number of aliphatic imine (C=N–C) groups is 1. The van der Waals surface area contributed by atoms with Gasteiger partial charge in [0.15, 0.2) is 5.96 Å². The Morgan fingerprint density at radius 1 is 0.931 bits per heavy atom. The van der Waals surface area contributed by atoms with Gasteiger partial charge in [-0.1, -0.05) is 37.6 Å². The van der Waals surface area contributed by atoms with Crippen LogP contribution < -0.4 is 10.6 Å². The van der Waals surface area contributed by atoms with E-state index in [4.69, 9.17) is 0 Å². The second-order valence-electron chi connectivity index (χ2n) is 8.74. The number of hydrogen-bond acceptors (Lipinski definition) is 3. The van der Waals surface area contributed by atoms with E-state index in [9.17, 15) is 0 Å². The first-order valence-electron chi connectivity index (χ1n) is 11.7. The van der Waals surface area contributed by atoms with Gasteiger partial charge in [-0.25, -0.2) is 0 Å². The molecule has 0 spiro atoms. The predicted molar refractivity (Wildman–Crippen MR) is 123 cm³/mol. The topological polar surface area (TPSA) is 42.9 Å². The minimum atomic E-state index is 0.760. The van der Waals surface area contributed by atoms with Crippen molar-refractivity contribution in [1.29, 1.82) is 0 Å². The highest BCUT2D eigenvalue weighted by atomic mass is 15.2. The third kappa shape index (κ3) is 7.63. The van der Waals surface area contributed by atoms with Crippen molar-refractivity contribution in [3.8, 4) is 0 Å². The first kappa shape index (κ1) is 22.1. The van der Waals surface area contributed by atoms with Gasteiger partial charge in [-0.3, -0.25) is 9.89 Å². The van der Waals surface area contributed by atoms with E-state index in [-0.39, 0.29) is 0 Å². The molecule has 2 saturated heterocycles. The van der Waals surface area contributed by atoms with Crippen molar-refractivity contribution in [3.63, 3.8) is 0 Å². The fourth-order valence-corrected chi connectivity index (χ4v) is 4.52. The second-order valence-corrected chi connectivity index (χ2v) is 8.74. The highest BCUT2D eigenvalue weighted by molar-refractivity contribution is 5.79. The highest BCUT2D eigenvalue weighted by Crippen LogP contribution is 2.16. The van der Waals surface area contributed by atoms with Gasteiger partial charge in [-0.05, 0) is 81.9 Å². The third-order valence-electron chi connectivity index (χ3n) is 6.37. The van der Waals surface area contributed by atoms with E-state index in [0.717, 1.165) is 31.5 Å². The van der Waals surface area contributed by atoms with Crippen LogP contribution in [0.3, 0.4) is 0 Å². The number of nitrogens with zero attached hydrogens (tertiary/aromatic N) is 3. The molecule has 0 amide bonds. The largest absolute Gasteiger partial charge is 0.356 e. The Balaban J connectivity index is 1.35. The van der Waals surface area contributed by atoms with Crippen LogP contribution in [0, 0.1) is 5.92 Å². The Morgan fingerprint density at radius 3 is 2.28 bits per heavy atom. The fourth-order valence-electron chi connectivity index (χ4n) is 4.52. The van der Waals surface area contributed by atoms with Crippen molar-refractivity contribution in [3.05, 3.63) is 35.4 Å². The second kappa shape index (κ2) is 12.2.